The zero-order valence-electron chi connectivity index (χ0n) is 13.1. The van der Waals surface area contributed by atoms with Crippen molar-refractivity contribution in [3.05, 3.63) is 54.4 Å². The van der Waals surface area contributed by atoms with Crippen molar-refractivity contribution in [1.29, 1.82) is 0 Å². The van der Waals surface area contributed by atoms with Gasteiger partial charge in [-0.3, -0.25) is 4.79 Å². The van der Waals surface area contributed by atoms with Crippen LogP contribution in [0, 0.1) is 0 Å². The number of nitrogens with one attached hydrogen (secondary N) is 1. The van der Waals surface area contributed by atoms with Crippen molar-refractivity contribution in [1.82, 2.24) is 25.2 Å². The lowest BCUT2D eigenvalue weighted by atomic mass is 10.1. The number of aromatic nitrogens is 5. The van der Waals surface area contributed by atoms with Crippen molar-refractivity contribution >= 4 is 44.9 Å². The van der Waals surface area contributed by atoms with Gasteiger partial charge in [0.1, 0.15) is 6.33 Å². The van der Waals surface area contributed by atoms with E-state index in [9.17, 15) is 4.79 Å². The van der Waals surface area contributed by atoms with Crippen LogP contribution in [-0.4, -0.2) is 37.4 Å². The van der Waals surface area contributed by atoms with Crippen molar-refractivity contribution in [3.8, 4) is 5.69 Å². The molecule has 4 aromatic rings. The number of anilines is 1. The molecule has 124 valence electrons. The molecule has 0 saturated heterocycles. The minimum absolute atomic E-state index is 0.222. The predicted octanol–water partition coefficient (Wildman–Crippen LogP) is 3.25. The third-order valence-electron chi connectivity index (χ3n) is 3.55. The number of thioether (sulfide) groups is 1. The van der Waals surface area contributed by atoms with Gasteiger partial charge in [0.2, 0.25) is 0 Å². The molecule has 4 rings (SSSR count). The summed E-state index contributed by atoms with van der Waals surface area (Å²) in [5.74, 6) is -0.222. The molecule has 0 saturated carbocycles. The fourth-order valence-electron chi connectivity index (χ4n) is 2.40. The van der Waals surface area contributed by atoms with E-state index < -0.39 is 0 Å². The van der Waals surface area contributed by atoms with Crippen LogP contribution in [0.15, 0.2) is 53.1 Å². The average Bonchev–Trinajstić information content (AvgIpc) is 3.30. The molecule has 9 heteroatoms. The molecule has 25 heavy (non-hydrogen) atoms. The molecule has 2 heterocycles. The highest BCUT2D eigenvalue weighted by Crippen LogP contribution is 2.30. The molecule has 0 aliphatic rings. The van der Waals surface area contributed by atoms with E-state index in [4.69, 9.17) is 0 Å². The minimum atomic E-state index is -0.222. The predicted molar refractivity (Wildman–Crippen MR) is 98.5 cm³/mol. The summed E-state index contributed by atoms with van der Waals surface area (Å²) in [6.07, 6.45) is 3.45. The Hall–Kier alpha value is -2.78. The van der Waals surface area contributed by atoms with Crippen LogP contribution in [0.1, 0.15) is 10.4 Å². The molecule has 7 nitrogen and oxygen atoms in total. The lowest BCUT2D eigenvalue weighted by Crippen LogP contribution is -2.15. The first-order chi connectivity index (χ1) is 12.2. The Labute approximate surface area is 151 Å². The summed E-state index contributed by atoms with van der Waals surface area (Å²) in [5.41, 5.74) is 2.76. The molecular weight excluding hydrogens is 356 g/mol. The van der Waals surface area contributed by atoms with Gasteiger partial charge in [-0.05, 0) is 47.0 Å². The number of nitrogens with zero attached hydrogens (tertiary/aromatic N) is 5. The number of hydrogen-bond donors (Lipinski definition) is 1. The van der Waals surface area contributed by atoms with Crippen LogP contribution < -0.4 is 5.32 Å². The fraction of sp³-hybridized carbons (Fsp3) is 0.0625. The van der Waals surface area contributed by atoms with Gasteiger partial charge in [-0.2, -0.15) is 4.68 Å². The fourth-order valence-corrected chi connectivity index (χ4v) is 3.93. The van der Waals surface area contributed by atoms with Gasteiger partial charge >= 0.3 is 0 Å². The zero-order chi connectivity index (χ0) is 17.2. The third kappa shape index (κ3) is 3.11. The zero-order valence-corrected chi connectivity index (χ0v) is 14.7. The van der Waals surface area contributed by atoms with E-state index in [1.54, 1.807) is 41.3 Å². The van der Waals surface area contributed by atoms with Gasteiger partial charge in [-0.15, -0.1) is 16.4 Å². The first-order valence-corrected chi connectivity index (χ1v) is 9.37. The molecule has 0 bridgehead atoms. The topological polar surface area (TPSA) is 85.6 Å². The van der Waals surface area contributed by atoms with Crippen LogP contribution in [0.5, 0.6) is 0 Å². The Morgan fingerprint density at radius 3 is 2.92 bits per heavy atom. The van der Waals surface area contributed by atoms with Gasteiger partial charge in [0.25, 0.3) is 5.91 Å². The monoisotopic (exact) mass is 368 g/mol. The Morgan fingerprint density at radius 1 is 1.24 bits per heavy atom. The second-order valence-electron chi connectivity index (χ2n) is 5.09. The van der Waals surface area contributed by atoms with Crippen LogP contribution in [0.3, 0.4) is 0 Å². The normalized spacial score (nSPS) is 10.9. The van der Waals surface area contributed by atoms with Crippen LogP contribution in [0.2, 0.25) is 0 Å². The summed E-state index contributed by atoms with van der Waals surface area (Å²) >= 11 is 3.22. The van der Waals surface area contributed by atoms with Crippen LogP contribution in [-0.2, 0) is 0 Å². The van der Waals surface area contributed by atoms with Gasteiger partial charge in [0.05, 0.1) is 21.5 Å². The summed E-state index contributed by atoms with van der Waals surface area (Å²) in [7, 11) is 0. The van der Waals surface area contributed by atoms with E-state index in [-0.39, 0.29) is 5.91 Å². The quantitative estimate of drug-likeness (QED) is 0.557. The molecule has 2 aromatic carbocycles. The molecule has 1 amide bonds. The van der Waals surface area contributed by atoms with E-state index in [1.807, 2.05) is 30.5 Å². The highest BCUT2D eigenvalue weighted by molar-refractivity contribution is 8.00. The summed E-state index contributed by atoms with van der Waals surface area (Å²) in [4.78, 5) is 17.2. The number of amides is 1. The summed E-state index contributed by atoms with van der Waals surface area (Å²) in [6.45, 7) is 0. The number of tetrazole rings is 1. The van der Waals surface area contributed by atoms with Crippen LogP contribution in [0.4, 0.5) is 5.69 Å². The Kier molecular flexibility index (Phi) is 4.16. The van der Waals surface area contributed by atoms with Gasteiger partial charge in [0, 0.05) is 5.69 Å². The number of para-hydroxylation sites is 1. The number of rotatable bonds is 4. The Morgan fingerprint density at radius 2 is 2.12 bits per heavy atom. The molecule has 0 aliphatic carbocycles. The highest BCUT2D eigenvalue weighted by Gasteiger charge is 2.14. The maximum atomic E-state index is 12.7. The lowest BCUT2D eigenvalue weighted by molar-refractivity contribution is 0.102. The summed E-state index contributed by atoms with van der Waals surface area (Å²) in [5, 5.41) is 14.0. The molecule has 2 aromatic heterocycles. The lowest BCUT2D eigenvalue weighted by Gasteiger charge is -2.09. The number of benzene rings is 2. The minimum Gasteiger partial charge on any atom is -0.322 e. The van der Waals surface area contributed by atoms with Gasteiger partial charge in [0.15, 0.2) is 4.34 Å². The average molecular weight is 368 g/mol. The first-order valence-electron chi connectivity index (χ1n) is 7.33. The van der Waals surface area contributed by atoms with Crippen molar-refractivity contribution in [3.63, 3.8) is 0 Å². The van der Waals surface area contributed by atoms with E-state index in [2.05, 4.69) is 25.8 Å². The summed E-state index contributed by atoms with van der Waals surface area (Å²) < 4.78 is 3.50. The van der Waals surface area contributed by atoms with E-state index in [0.717, 1.165) is 20.2 Å². The maximum Gasteiger partial charge on any atom is 0.257 e. The Balaban J connectivity index is 1.64. The number of thiazole rings is 1. The van der Waals surface area contributed by atoms with E-state index in [0.29, 0.717) is 11.3 Å². The SMILES string of the molecule is CSc1nc2ccc(NC(=O)c3ccccc3-n3cnnn3)cc2s1. The number of hydrogen-bond acceptors (Lipinski definition) is 7. The first kappa shape index (κ1) is 15.7. The van der Waals surface area contributed by atoms with E-state index in [1.165, 1.54) is 11.0 Å². The molecule has 0 aliphatic heterocycles. The number of carbonyl (C=O) groups is 1. The third-order valence-corrected chi connectivity index (χ3v) is 5.55. The van der Waals surface area contributed by atoms with Crippen LogP contribution in [0.25, 0.3) is 15.9 Å². The van der Waals surface area contributed by atoms with Gasteiger partial charge < -0.3 is 5.32 Å². The molecular formula is C16H12N6OS2. The second kappa shape index (κ2) is 6.61. The van der Waals surface area contributed by atoms with Crippen molar-refractivity contribution in [2.24, 2.45) is 0 Å². The molecule has 0 spiro atoms. The maximum absolute atomic E-state index is 12.7. The van der Waals surface area contributed by atoms with Gasteiger partial charge in [-0.1, -0.05) is 23.9 Å². The van der Waals surface area contributed by atoms with Crippen molar-refractivity contribution < 1.29 is 4.79 Å². The largest absolute Gasteiger partial charge is 0.322 e. The Bertz CT molecular complexity index is 1040. The van der Waals surface area contributed by atoms with Crippen molar-refractivity contribution in [2.45, 2.75) is 4.34 Å². The number of carbonyl (C=O) groups excluding carboxylic acids is 1. The molecule has 0 radical (unpaired) electrons. The van der Waals surface area contributed by atoms with Gasteiger partial charge in [-0.25, -0.2) is 4.98 Å². The summed E-state index contributed by atoms with van der Waals surface area (Å²) in [6, 6.07) is 12.9. The second-order valence-corrected chi connectivity index (χ2v) is 7.18. The molecule has 0 fully saturated rings. The molecule has 0 unspecified atom stereocenters. The standard InChI is InChI=1S/C16H12N6OS2/c1-24-16-19-12-7-6-10(8-14(12)25-16)18-15(23)11-4-2-3-5-13(11)22-9-17-20-21-22/h2-9H,1H3,(H,18,23). The van der Waals surface area contributed by atoms with Crippen molar-refractivity contribution in [2.75, 3.05) is 11.6 Å². The molecule has 1 N–H and O–H groups in total. The highest BCUT2D eigenvalue weighted by atomic mass is 32.2. The number of fused-ring (bicyclic) bond motifs is 1. The molecule has 0 atom stereocenters. The smallest absolute Gasteiger partial charge is 0.257 e. The van der Waals surface area contributed by atoms with E-state index >= 15 is 0 Å². The van der Waals surface area contributed by atoms with Crippen LogP contribution >= 0.6 is 23.1 Å².